The van der Waals surface area contributed by atoms with Gasteiger partial charge in [0.05, 0.1) is 0 Å². The van der Waals surface area contributed by atoms with E-state index >= 15 is 0 Å². The molecule has 6 aliphatic carbocycles. The predicted octanol–water partition coefficient (Wildman–Crippen LogP) is 4.75. The van der Waals surface area contributed by atoms with E-state index in [1.165, 1.54) is 32.1 Å². The van der Waals surface area contributed by atoms with Crippen molar-refractivity contribution in [3.63, 3.8) is 0 Å². The monoisotopic (exact) mass is 287 g/mol. The largest absolute Gasteiger partial charge is 0.328 e. The summed E-state index contributed by atoms with van der Waals surface area (Å²) in [6.07, 6.45) is 18.2. The molecule has 0 saturated heterocycles. The molecule has 6 aliphatic rings. The third-order valence-electron chi connectivity index (χ3n) is 8.35. The standard InChI is InChI=1S/C20H33N/c21-19(8-18-7-13-1-2-17(18)6-13)12-20-9-14-3-15(10-20)5-16(4-14)11-20/h13-19H,1-12,21H2. The molecule has 0 aromatic rings. The highest BCUT2D eigenvalue weighted by Gasteiger charge is 2.51. The molecule has 118 valence electrons. The Morgan fingerprint density at radius 3 is 2.00 bits per heavy atom. The minimum atomic E-state index is 0.519. The molecule has 0 spiro atoms. The van der Waals surface area contributed by atoms with Crippen LogP contribution in [0.5, 0.6) is 0 Å². The number of fused-ring (bicyclic) bond motifs is 2. The van der Waals surface area contributed by atoms with Crippen LogP contribution in [0.15, 0.2) is 0 Å². The van der Waals surface area contributed by atoms with Gasteiger partial charge in [-0.05, 0) is 112 Å². The van der Waals surface area contributed by atoms with E-state index in [4.69, 9.17) is 5.73 Å². The minimum Gasteiger partial charge on any atom is -0.328 e. The summed E-state index contributed by atoms with van der Waals surface area (Å²) >= 11 is 0. The van der Waals surface area contributed by atoms with E-state index in [2.05, 4.69) is 0 Å². The van der Waals surface area contributed by atoms with E-state index in [1.807, 2.05) is 0 Å². The summed E-state index contributed by atoms with van der Waals surface area (Å²) in [5.74, 6) is 6.43. The van der Waals surface area contributed by atoms with Crippen LogP contribution in [0.3, 0.4) is 0 Å². The Bertz CT molecular complexity index is 379. The molecule has 0 amide bonds. The van der Waals surface area contributed by atoms with Crippen LogP contribution in [0.2, 0.25) is 0 Å². The summed E-state index contributed by atoms with van der Waals surface area (Å²) in [5, 5.41) is 0. The average Bonchev–Trinajstić information content (AvgIpc) is 2.98. The van der Waals surface area contributed by atoms with Crippen molar-refractivity contribution in [2.24, 2.45) is 46.7 Å². The molecule has 1 nitrogen and oxygen atoms in total. The topological polar surface area (TPSA) is 26.0 Å². The van der Waals surface area contributed by atoms with Crippen LogP contribution in [0.4, 0.5) is 0 Å². The summed E-state index contributed by atoms with van der Waals surface area (Å²) in [6, 6.07) is 0.519. The molecule has 4 atom stereocenters. The lowest BCUT2D eigenvalue weighted by molar-refractivity contribution is -0.0614. The smallest absolute Gasteiger partial charge is 0.00468 e. The summed E-state index contributed by atoms with van der Waals surface area (Å²) in [7, 11) is 0. The van der Waals surface area contributed by atoms with Crippen molar-refractivity contribution in [2.75, 3.05) is 0 Å². The Balaban J connectivity index is 1.23. The lowest BCUT2D eigenvalue weighted by atomic mass is 9.48. The van der Waals surface area contributed by atoms with Gasteiger partial charge >= 0.3 is 0 Å². The maximum absolute atomic E-state index is 6.71. The normalized spacial score (nSPS) is 55.3. The summed E-state index contributed by atoms with van der Waals surface area (Å²) in [6.45, 7) is 0. The van der Waals surface area contributed by atoms with Crippen LogP contribution in [0.1, 0.15) is 77.0 Å². The van der Waals surface area contributed by atoms with Crippen molar-refractivity contribution in [3.8, 4) is 0 Å². The van der Waals surface area contributed by atoms with Crippen molar-refractivity contribution in [3.05, 3.63) is 0 Å². The molecule has 0 aliphatic heterocycles. The van der Waals surface area contributed by atoms with Crippen LogP contribution in [-0.4, -0.2) is 6.04 Å². The zero-order valence-electron chi connectivity index (χ0n) is 13.6. The van der Waals surface area contributed by atoms with E-state index in [9.17, 15) is 0 Å². The first-order valence-corrected chi connectivity index (χ1v) is 9.93. The van der Waals surface area contributed by atoms with Crippen LogP contribution in [0.25, 0.3) is 0 Å². The van der Waals surface area contributed by atoms with Crippen molar-refractivity contribution < 1.29 is 0 Å². The van der Waals surface area contributed by atoms with Gasteiger partial charge in [0.2, 0.25) is 0 Å². The first-order valence-electron chi connectivity index (χ1n) is 9.93. The van der Waals surface area contributed by atoms with E-state index in [1.54, 1.807) is 44.9 Å². The molecule has 6 bridgehead atoms. The Hall–Kier alpha value is -0.0400. The number of rotatable bonds is 4. The van der Waals surface area contributed by atoms with Crippen LogP contribution in [-0.2, 0) is 0 Å². The van der Waals surface area contributed by atoms with Crippen molar-refractivity contribution in [1.82, 2.24) is 0 Å². The fraction of sp³-hybridized carbons (Fsp3) is 1.00. The van der Waals surface area contributed by atoms with Crippen LogP contribution in [0, 0.1) is 40.9 Å². The van der Waals surface area contributed by atoms with Crippen LogP contribution < -0.4 is 5.73 Å². The van der Waals surface area contributed by atoms with Gasteiger partial charge in [0, 0.05) is 6.04 Å². The molecule has 0 aromatic carbocycles. The molecule has 0 aromatic heterocycles. The quantitative estimate of drug-likeness (QED) is 0.793. The number of nitrogens with two attached hydrogens (primary N) is 1. The molecular formula is C20H33N. The molecule has 0 radical (unpaired) electrons. The number of hydrogen-bond donors (Lipinski definition) is 1. The zero-order chi connectivity index (χ0) is 14.0. The maximum atomic E-state index is 6.71. The van der Waals surface area contributed by atoms with E-state index in [0.717, 1.165) is 35.5 Å². The number of hydrogen-bond acceptors (Lipinski definition) is 1. The highest BCUT2D eigenvalue weighted by atomic mass is 14.7. The van der Waals surface area contributed by atoms with Gasteiger partial charge in [-0.15, -0.1) is 0 Å². The molecule has 6 fully saturated rings. The minimum absolute atomic E-state index is 0.519. The fourth-order valence-electron chi connectivity index (χ4n) is 8.23. The first-order chi connectivity index (χ1) is 10.2. The molecule has 2 N–H and O–H groups in total. The SMILES string of the molecule is NC(CC1CC2CCC1C2)CC12CC3CC(CC(C3)C1)C2. The molecule has 0 heterocycles. The van der Waals surface area contributed by atoms with Gasteiger partial charge < -0.3 is 5.73 Å². The van der Waals surface area contributed by atoms with Crippen LogP contribution >= 0.6 is 0 Å². The second-order valence-electron chi connectivity index (χ2n) is 10.1. The van der Waals surface area contributed by atoms with Crippen molar-refractivity contribution in [2.45, 2.75) is 83.1 Å². The summed E-state index contributed by atoms with van der Waals surface area (Å²) in [4.78, 5) is 0. The van der Waals surface area contributed by atoms with Gasteiger partial charge in [0.1, 0.15) is 0 Å². The highest BCUT2D eigenvalue weighted by Crippen LogP contribution is 2.62. The molecule has 1 heteroatoms. The second kappa shape index (κ2) is 4.73. The Morgan fingerprint density at radius 2 is 1.48 bits per heavy atom. The maximum Gasteiger partial charge on any atom is 0.00468 e. The molecule has 6 rings (SSSR count). The lowest BCUT2D eigenvalue weighted by Crippen LogP contribution is -2.48. The van der Waals surface area contributed by atoms with Gasteiger partial charge in [0.15, 0.2) is 0 Å². The van der Waals surface area contributed by atoms with Gasteiger partial charge in [-0.3, -0.25) is 0 Å². The van der Waals surface area contributed by atoms with Gasteiger partial charge in [0.25, 0.3) is 0 Å². The Morgan fingerprint density at radius 1 is 0.810 bits per heavy atom. The van der Waals surface area contributed by atoms with Crippen molar-refractivity contribution in [1.29, 1.82) is 0 Å². The Kier molecular flexibility index (Phi) is 3.02. The van der Waals surface area contributed by atoms with Crippen molar-refractivity contribution >= 4 is 0 Å². The summed E-state index contributed by atoms with van der Waals surface area (Å²) in [5.41, 5.74) is 7.41. The molecule has 6 saturated carbocycles. The third kappa shape index (κ3) is 2.30. The molecular weight excluding hydrogens is 254 g/mol. The van der Waals surface area contributed by atoms with E-state index in [0.29, 0.717) is 11.5 Å². The lowest BCUT2D eigenvalue weighted by Gasteiger charge is -2.57. The molecule has 4 unspecified atom stereocenters. The second-order valence-corrected chi connectivity index (χ2v) is 10.1. The summed E-state index contributed by atoms with van der Waals surface area (Å²) < 4.78 is 0. The van der Waals surface area contributed by atoms with E-state index in [-0.39, 0.29) is 0 Å². The molecule has 21 heavy (non-hydrogen) atoms. The average molecular weight is 287 g/mol. The highest BCUT2D eigenvalue weighted by molar-refractivity contribution is 5.03. The zero-order valence-corrected chi connectivity index (χ0v) is 13.6. The van der Waals surface area contributed by atoms with Gasteiger partial charge in [-0.1, -0.05) is 6.42 Å². The van der Waals surface area contributed by atoms with Gasteiger partial charge in [-0.25, -0.2) is 0 Å². The predicted molar refractivity (Wildman–Crippen MR) is 86.8 cm³/mol. The third-order valence-corrected chi connectivity index (χ3v) is 8.35. The fourth-order valence-corrected chi connectivity index (χ4v) is 8.23. The first kappa shape index (κ1) is 13.4. The Labute approximate surface area is 130 Å². The van der Waals surface area contributed by atoms with E-state index < -0.39 is 0 Å². The van der Waals surface area contributed by atoms with Gasteiger partial charge in [-0.2, -0.15) is 0 Å².